The molecule has 0 bridgehead atoms. The van der Waals surface area contributed by atoms with Crippen molar-refractivity contribution in [3.8, 4) is 0 Å². The van der Waals surface area contributed by atoms with E-state index in [2.05, 4.69) is 4.98 Å². The van der Waals surface area contributed by atoms with Crippen LogP contribution in [-0.2, 0) is 14.8 Å². The minimum absolute atomic E-state index is 0.00326. The summed E-state index contributed by atoms with van der Waals surface area (Å²) in [4.78, 5) is 19.3. The van der Waals surface area contributed by atoms with Crippen LogP contribution in [-0.4, -0.2) is 60.4 Å². The number of fused-ring (bicyclic) bond motifs is 1. The highest BCUT2D eigenvalue weighted by Crippen LogP contribution is 2.23. The Hall–Kier alpha value is -2.42. The fourth-order valence-corrected chi connectivity index (χ4v) is 6.17. The number of carbonyl (C=O) groups excluding carboxylic acids is 1. The maximum Gasteiger partial charge on any atom is 0.243 e. The van der Waals surface area contributed by atoms with Crippen molar-refractivity contribution in [1.82, 2.24) is 14.2 Å². The van der Waals surface area contributed by atoms with Crippen molar-refractivity contribution < 1.29 is 13.2 Å². The van der Waals surface area contributed by atoms with Crippen molar-refractivity contribution in [3.63, 3.8) is 0 Å². The molecule has 162 valence electrons. The monoisotopic (exact) mass is 455 g/mol. The Balaban J connectivity index is 1.35. The summed E-state index contributed by atoms with van der Waals surface area (Å²) in [6.07, 6.45) is 0. The molecule has 1 fully saturated rings. The fourth-order valence-electron chi connectivity index (χ4n) is 3.76. The number of carbonyl (C=O) groups is 1. The molecule has 0 N–H and O–H groups in total. The zero-order chi connectivity index (χ0) is 22.0. The van der Waals surface area contributed by atoms with E-state index < -0.39 is 10.0 Å². The number of sulfonamides is 1. The van der Waals surface area contributed by atoms with Crippen LogP contribution in [0.15, 0.2) is 64.5 Å². The number of aromatic nitrogens is 1. The molecule has 0 spiro atoms. The van der Waals surface area contributed by atoms with Crippen LogP contribution in [0.1, 0.15) is 11.1 Å². The third kappa shape index (κ3) is 4.76. The predicted molar refractivity (Wildman–Crippen MR) is 124 cm³/mol. The third-order valence-corrected chi connectivity index (χ3v) is 8.43. The average Bonchev–Trinajstić information content (AvgIpc) is 2.77. The van der Waals surface area contributed by atoms with Gasteiger partial charge in [0.1, 0.15) is 0 Å². The summed E-state index contributed by atoms with van der Waals surface area (Å²) in [5.41, 5.74) is 2.69. The van der Waals surface area contributed by atoms with E-state index in [0.29, 0.717) is 31.1 Å². The second-order valence-corrected chi connectivity index (χ2v) is 10.6. The summed E-state index contributed by atoms with van der Waals surface area (Å²) in [5, 5.41) is 1.88. The molecular weight excluding hydrogens is 430 g/mol. The largest absolute Gasteiger partial charge is 0.339 e. The van der Waals surface area contributed by atoms with Crippen molar-refractivity contribution in [2.24, 2.45) is 0 Å². The summed E-state index contributed by atoms with van der Waals surface area (Å²) in [6, 6.07) is 17.2. The van der Waals surface area contributed by atoms with Gasteiger partial charge in [0, 0.05) is 31.6 Å². The van der Waals surface area contributed by atoms with Crippen LogP contribution in [0.3, 0.4) is 0 Å². The van der Waals surface area contributed by atoms with Crippen molar-refractivity contribution in [2.45, 2.75) is 23.8 Å². The first-order valence-corrected chi connectivity index (χ1v) is 12.6. The third-order valence-electron chi connectivity index (χ3n) is 5.46. The van der Waals surface area contributed by atoms with Crippen molar-refractivity contribution >= 4 is 38.6 Å². The fraction of sp³-hybridized carbons (Fsp3) is 0.304. The highest BCUT2D eigenvalue weighted by atomic mass is 32.2. The van der Waals surface area contributed by atoms with Gasteiger partial charge in [-0.25, -0.2) is 13.4 Å². The number of hydrogen-bond donors (Lipinski definition) is 0. The molecule has 0 atom stereocenters. The highest BCUT2D eigenvalue weighted by molar-refractivity contribution is 7.99. The van der Waals surface area contributed by atoms with Crippen LogP contribution < -0.4 is 0 Å². The highest BCUT2D eigenvalue weighted by Gasteiger charge is 2.31. The van der Waals surface area contributed by atoms with Gasteiger partial charge in [-0.2, -0.15) is 4.31 Å². The van der Waals surface area contributed by atoms with Crippen molar-refractivity contribution in [3.05, 3.63) is 65.7 Å². The van der Waals surface area contributed by atoms with Gasteiger partial charge in [0.2, 0.25) is 15.9 Å². The molecular formula is C23H25N3O3S2. The molecule has 1 aliphatic heterocycles. The number of benzene rings is 2. The van der Waals surface area contributed by atoms with Crippen LogP contribution in [0.2, 0.25) is 0 Å². The Morgan fingerprint density at radius 3 is 2.48 bits per heavy atom. The second-order valence-electron chi connectivity index (χ2n) is 7.68. The number of nitrogens with zero attached hydrogens (tertiary/aromatic N) is 3. The molecule has 0 radical (unpaired) electrons. The van der Waals surface area contributed by atoms with E-state index >= 15 is 0 Å². The zero-order valence-corrected chi connectivity index (χ0v) is 19.2. The summed E-state index contributed by atoms with van der Waals surface area (Å²) in [7, 11) is -3.55. The molecule has 1 aromatic heterocycles. The maximum atomic E-state index is 13.0. The summed E-state index contributed by atoms with van der Waals surface area (Å²) in [6.45, 7) is 5.17. The van der Waals surface area contributed by atoms with Gasteiger partial charge in [0.05, 0.1) is 21.2 Å². The van der Waals surface area contributed by atoms with E-state index in [1.54, 1.807) is 11.0 Å². The lowest BCUT2D eigenvalue weighted by molar-refractivity contribution is -0.129. The normalized spacial score (nSPS) is 15.4. The molecule has 4 rings (SSSR count). The standard InChI is InChI=1S/C23H25N3O3S2/c1-17-7-9-21(18(2)15-17)31(28,29)26-13-11-25(12-14-26)23(27)16-30-22-10-8-19-5-3-4-6-20(19)24-22/h3-10,15H,11-14,16H2,1-2H3. The quantitative estimate of drug-likeness (QED) is 0.551. The smallest absolute Gasteiger partial charge is 0.243 e. The number of aryl methyl sites for hydroxylation is 2. The van der Waals surface area contributed by atoms with E-state index in [9.17, 15) is 13.2 Å². The predicted octanol–water partition coefficient (Wildman–Crippen LogP) is 3.48. The molecule has 1 amide bonds. The number of piperazine rings is 1. The van der Waals surface area contributed by atoms with E-state index in [4.69, 9.17) is 0 Å². The SMILES string of the molecule is Cc1ccc(S(=O)(=O)N2CCN(C(=O)CSc3ccc4ccccc4n3)CC2)c(C)c1. The first kappa shape index (κ1) is 21.8. The Labute approximate surface area is 187 Å². The Morgan fingerprint density at radius 1 is 1.00 bits per heavy atom. The first-order valence-electron chi connectivity index (χ1n) is 10.2. The molecule has 6 nitrogen and oxygen atoms in total. The van der Waals surface area contributed by atoms with Crippen LogP contribution >= 0.6 is 11.8 Å². The minimum atomic E-state index is -3.55. The summed E-state index contributed by atoms with van der Waals surface area (Å²) >= 11 is 1.41. The lowest BCUT2D eigenvalue weighted by atomic mass is 10.2. The molecule has 0 saturated carbocycles. The molecule has 2 aromatic carbocycles. The van der Waals surface area contributed by atoms with E-state index in [0.717, 1.165) is 27.1 Å². The van der Waals surface area contributed by atoms with E-state index in [1.807, 2.05) is 62.4 Å². The Morgan fingerprint density at radius 2 is 1.74 bits per heavy atom. The van der Waals surface area contributed by atoms with Gasteiger partial charge in [0.25, 0.3) is 0 Å². The van der Waals surface area contributed by atoms with Crippen LogP contribution in [0.4, 0.5) is 0 Å². The molecule has 0 unspecified atom stereocenters. The van der Waals surface area contributed by atoms with E-state index in [-0.39, 0.29) is 11.7 Å². The van der Waals surface area contributed by atoms with Gasteiger partial charge >= 0.3 is 0 Å². The van der Waals surface area contributed by atoms with Crippen LogP contribution in [0.25, 0.3) is 10.9 Å². The Bertz CT molecular complexity index is 1220. The molecule has 2 heterocycles. The van der Waals surface area contributed by atoms with Crippen LogP contribution in [0.5, 0.6) is 0 Å². The van der Waals surface area contributed by atoms with Crippen molar-refractivity contribution in [2.75, 3.05) is 31.9 Å². The number of amides is 1. The molecule has 31 heavy (non-hydrogen) atoms. The lowest BCUT2D eigenvalue weighted by Gasteiger charge is -2.34. The zero-order valence-electron chi connectivity index (χ0n) is 17.6. The number of thioether (sulfide) groups is 1. The number of hydrogen-bond acceptors (Lipinski definition) is 5. The van der Waals surface area contributed by atoms with Gasteiger partial charge in [-0.15, -0.1) is 0 Å². The molecule has 3 aromatic rings. The minimum Gasteiger partial charge on any atom is -0.339 e. The van der Waals surface area contributed by atoms with Gasteiger partial charge in [0.15, 0.2) is 0 Å². The molecule has 8 heteroatoms. The Kier molecular flexibility index (Phi) is 6.31. The average molecular weight is 456 g/mol. The van der Waals surface area contributed by atoms with E-state index in [1.165, 1.54) is 16.1 Å². The van der Waals surface area contributed by atoms with Gasteiger partial charge in [-0.05, 0) is 37.6 Å². The van der Waals surface area contributed by atoms with Gasteiger partial charge in [-0.3, -0.25) is 4.79 Å². The number of para-hydroxylation sites is 1. The number of pyridine rings is 1. The maximum absolute atomic E-state index is 13.0. The lowest BCUT2D eigenvalue weighted by Crippen LogP contribution is -2.51. The van der Waals surface area contributed by atoms with Crippen molar-refractivity contribution in [1.29, 1.82) is 0 Å². The topological polar surface area (TPSA) is 70.6 Å². The second kappa shape index (κ2) is 8.98. The van der Waals surface area contributed by atoms with Gasteiger partial charge < -0.3 is 4.90 Å². The summed E-state index contributed by atoms with van der Waals surface area (Å²) in [5.74, 6) is 0.290. The summed E-state index contributed by atoms with van der Waals surface area (Å²) < 4.78 is 27.5. The van der Waals surface area contributed by atoms with Gasteiger partial charge in [-0.1, -0.05) is 53.7 Å². The number of rotatable bonds is 5. The molecule has 0 aliphatic carbocycles. The van der Waals surface area contributed by atoms with Crippen LogP contribution in [0, 0.1) is 13.8 Å². The first-order chi connectivity index (χ1) is 14.8. The molecule has 1 saturated heterocycles. The molecule has 1 aliphatic rings.